The first-order chi connectivity index (χ1) is 12.4. The number of hydrogen-bond donors (Lipinski definition) is 1. The number of carbonyl (C=O) groups excluding carboxylic acids is 2. The van der Waals surface area contributed by atoms with E-state index in [2.05, 4.69) is 5.32 Å². The number of amides is 2. The number of nitro groups is 1. The number of non-ortho nitro benzene ring substituents is 1. The molecule has 2 aromatic rings. The molecule has 0 unspecified atom stereocenters. The maximum Gasteiger partial charge on any atom is 0.270 e. The summed E-state index contributed by atoms with van der Waals surface area (Å²) in [5.41, 5.74) is 1.95. The molecule has 1 saturated heterocycles. The van der Waals surface area contributed by atoms with Crippen molar-refractivity contribution in [2.24, 2.45) is 0 Å². The van der Waals surface area contributed by atoms with Crippen molar-refractivity contribution in [3.05, 3.63) is 62.7 Å². The number of halogens is 1. The van der Waals surface area contributed by atoms with E-state index in [1.54, 1.807) is 17.0 Å². The topological polar surface area (TPSA) is 92.5 Å². The fourth-order valence-corrected chi connectivity index (χ4v) is 3.08. The van der Waals surface area contributed by atoms with Gasteiger partial charge >= 0.3 is 0 Å². The van der Waals surface area contributed by atoms with Crippen LogP contribution in [0.15, 0.2) is 36.4 Å². The van der Waals surface area contributed by atoms with Crippen LogP contribution in [-0.2, 0) is 4.79 Å². The number of hydrogen-bond acceptors (Lipinski definition) is 4. The van der Waals surface area contributed by atoms with Crippen LogP contribution in [0.3, 0.4) is 0 Å². The highest BCUT2D eigenvalue weighted by molar-refractivity contribution is 6.34. The number of nitrogens with one attached hydrogen (secondary N) is 1. The predicted molar refractivity (Wildman–Crippen MR) is 98.8 cm³/mol. The van der Waals surface area contributed by atoms with Gasteiger partial charge in [0.15, 0.2) is 0 Å². The Morgan fingerprint density at radius 1 is 1.27 bits per heavy atom. The van der Waals surface area contributed by atoms with Crippen LogP contribution in [-0.4, -0.2) is 23.3 Å². The number of rotatable bonds is 4. The second kappa shape index (κ2) is 7.13. The van der Waals surface area contributed by atoms with Crippen molar-refractivity contribution in [2.45, 2.75) is 19.8 Å². The van der Waals surface area contributed by atoms with E-state index in [0.29, 0.717) is 18.7 Å². The average molecular weight is 374 g/mol. The molecule has 0 atom stereocenters. The van der Waals surface area contributed by atoms with Gasteiger partial charge in [-0.2, -0.15) is 0 Å². The van der Waals surface area contributed by atoms with Gasteiger partial charge in [-0.3, -0.25) is 19.7 Å². The first kappa shape index (κ1) is 17.9. The van der Waals surface area contributed by atoms with Crippen molar-refractivity contribution >= 4 is 40.5 Å². The number of nitro benzene ring substituents is 1. The second-order valence-corrected chi connectivity index (χ2v) is 6.43. The summed E-state index contributed by atoms with van der Waals surface area (Å²) in [6, 6.07) is 8.94. The van der Waals surface area contributed by atoms with E-state index < -0.39 is 10.8 Å². The lowest BCUT2D eigenvalue weighted by Crippen LogP contribution is -2.24. The molecule has 0 spiro atoms. The quantitative estimate of drug-likeness (QED) is 0.649. The molecule has 1 heterocycles. The third kappa shape index (κ3) is 3.52. The van der Waals surface area contributed by atoms with Crippen LogP contribution in [0.2, 0.25) is 5.02 Å². The number of anilines is 2. The van der Waals surface area contributed by atoms with Gasteiger partial charge in [0.1, 0.15) is 0 Å². The summed E-state index contributed by atoms with van der Waals surface area (Å²) in [6.45, 7) is 2.54. The molecule has 1 fully saturated rings. The third-order valence-electron chi connectivity index (χ3n) is 4.24. The van der Waals surface area contributed by atoms with Gasteiger partial charge in [0.25, 0.3) is 11.6 Å². The molecule has 0 aliphatic carbocycles. The molecule has 0 radical (unpaired) electrons. The van der Waals surface area contributed by atoms with Gasteiger partial charge < -0.3 is 10.2 Å². The van der Waals surface area contributed by atoms with Crippen LogP contribution >= 0.6 is 11.6 Å². The summed E-state index contributed by atoms with van der Waals surface area (Å²) >= 11 is 6.00. The van der Waals surface area contributed by atoms with E-state index in [9.17, 15) is 19.7 Å². The van der Waals surface area contributed by atoms with Gasteiger partial charge in [0.05, 0.1) is 15.5 Å². The Balaban J connectivity index is 1.87. The minimum absolute atomic E-state index is 0.0141. The SMILES string of the molecule is Cc1ccc(NC(=O)c2cc([N+](=O)[O-])ccc2Cl)cc1N1CCCC1=O. The fraction of sp³-hybridized carbons (Fsp3) is 0.222. The van der Waals surface area contributed by atoms with Crippen LogP contribution in [0, 0.1) is 17.0 Å². The van der Waals surface area contributed by atoms with Gasteiger partial charge in [-0.05, 0) is 37.1 Å². The lowest BCUT2D eigenvalue weighted by atomic mass is 10.1. The van der Waals surface area contributed by atoms with Crippen molar-refractivity contribution in [1.29, 1.82) is 0 Å². The Labute approximate surface area is 154 Å². The molecule has 26 heavy (non-hydrogen) atoms. The highest BCUT2D eigenvalue weighted by atomic mass is 35.5. The zero-order valence-electron chi connectivity index (χ0n) is 14.0. The molecule has 3 rings (SSSR count). The molecule has 1 aliphatic heterocycles. The molecule has 8 heteroatoms. The Kier molecular flexibility index (Phi) is 4.90. The van der Waals surface area contributed by atoms with Crippen molar-refractivity contribution in [2.75, 3.05) is 16.8 Å². The summed E-state index contributed by atoms with van der Waals surface area (Å²) in [6.07, 6.45) is 1.32. The number of benzene rings is 2. The normalized spacial score (nSPS) is 13.8. The molecule has 0 saturated carbocycles. The smallest absolute Gasteiger partial charge is 0.270 e. The molecule has 2 amide bonds. The largest absolute Gasteiger partial charge is 0.322 e. The molecule has 1 N–H and O–H groups in total. The zero-order chi connectivity index (χ0) is 18.8. The monoisotopic (exact) mass is 373 g/mol. The highest BCUT2D eigenvalue weighted by Gasteiger charge is 2.23. The summed E-state index contributed by atoms with van der Waals surface area (Å²) in [4.78, 5) is 36.5. The Morgan fingerprint density at radius 3 is 2.69 bits per heavy atom. The first-order valence-corrected chi connectivity index (χ1v) is 8.41. The van der Waals surface area contributed by atoms with Crippen molar-refractivity contribution in [3.8, 4) is 0 Å². The van der Waals surface area contributed by atoms with Gasteiger partial charge in [-0.25, -0.2) is 0 Å². The minimum atomic E-state index is -0.587. The standard InChI is InChI=1S/C18H16ClN3O4/c1-11-4-5-12(9-16(11)21-8-2-3-17(21)23)20-18(24)14-10-13(22(25)26)6-7-15(14)19/h4-7,9-10H,2-3,8H2,1H3,(H,20,24). The Morgan fingerprint density at radius 2 is 2.04 bits per heavy atom. The maximum atomic E-state index is 12.5. The average Bonchev–Trinajstić information content (AvgIpc) is 3.02. The van der Waals surface area contributed by atoms with E-state index in [1.165, 1.54) is 12.1 Å². The van der Waals surface area contributed by atoms with E-state index in [4.69, 9.17) is 11.6 Å². The van der Waals surface area contributed by atoms with Crippen LogP contribution in [0.1, 0.15) is 28.8 Å². The van der Waals surface area contributed by atoms with Gasteiger partial charge in [-0.15, -0.1) is 0 Å². The molecule has 2 aromatic carbocycles. The molecule has 0 bridgehead atoms. The lowest BCUT2D eigenvalue weighted by Gasteiger charge is -2.19. The minimum Gasteiger partial charge on any atom is -0.322 e. The van der Waals surface area contributed by atoms with E-state index in [1.807, 2.05) is 13.0 Å². The molecular formula is C18H16ClN3O4. The zero-order valence-corrected chi connectivity index (χ0v) is 14.7. The van der Waals surface area contributed by atoms with Crippen LogP contribution in [0.25, 0.3) is 0 Å². The highest BCUT2D eigenvalue weighted by Crippen LogP contribution is 2.29. The molecule has 0 aromatic heterocycles. The molecular weight excluding hydrogens is 358 g/mol. The predicted octanol–water partition coefficient (Wildman–Crippen LogP) is 3.94. The van der Waals surface area contributed by atoms with E-state index in [0.717, 1.165) is 23.7 Å². The van der Waals surface area contributed by atoms with Crippen LogP contribution in [0.4, 0.5) is 17.1 Å². The van der Waals surface area contributed by atoms with Gasteiger partial charge in [0, 0.05) is 36.5 Å². The van der Waals surface area contributed by atoms with E-state index in [-0.39, 0.29) is 22.2 Å². The maximum absolute atomic E-state index is 12.5. The Bertz CT molecular complexity index is 913. The number of nitrogens with zero attached hydrogens (tertiary/aromatic N) is 2. The van der Waals surface area contributed by atoms with Gasteiger partial charge in [-0.1, -0.05) is 17.7 Å². The van der Waals surface area contributed by atoms with Crippen molar-refractivity contribution < 1.29 is 14.5 Å². The summed E-state index contributed by atoms with van der Waals surface area (Å²) in [5.74, 6) is -0.500. The third-order valence-corrected chi connectivity index (χ3v) is 4.57. The van der Waals surface area contributed by atoms with Gasteiger partial charge in [0.2, 0.25) is 5.91 Å². The lowest BCUT2D eigenvalue weighted by molar-refractivity contribution is -0.384. The second-order valence-electron chi connectivity index (χ2n) is 6.03. The Hall–Kier alpha value is -2.93. The summed E-state index contributed by atoms with van der Waals surface area (Å²) in [5, 5.41) is 13.7. The molecule has 7 nitrogen and oxygen atoms in total. The molecule has 1 aliphatic rings. The van der Waals surface area contributed by atoms with Crippen molar-refractivity contribution in [3.63, 3.8) is 0 Å². The van der Waals surface area contributed by atoms with Crippen molar-refractivity contribution in [1.82, 2.24) is 0 Å². The summed E-state index contributed by atoms with van der Waals surface area (Å²) < 4.78 is 0. The summed E-state index contributed by atoms with van der Waals surface area (Å²) in [7, 11) is 0. The number of carbonyl (C=O) groups is 2. The van der Waals surface area contributed by atoms with E-state index >= 15 is 0 Å². The first-order valence-electron chi connectivity index (χ1n) is 8.03. The fourth-order valence-electron chi connectivity index (χ4n) is 2.88. The molecule has 134 valence electrons. The number of aryl methyl sites for hydroxylation is 1. The van der Waals surface area contributed by atoms with Crippen LogP contribution < -0.4 is 10.2 Å². The van der Waals surface area contributed by atoms with Crippen LogP contribution in [0.5, 0.6) is 0 Å².